The van der Waals surface area contributed by atoms with Crippen LogP contribution in [0.5, 0.6) is 0 Å². The molecule has 4 heteroatoms. The molecule has 0 radical (unpaired) electrons. The molecule has 0 spiro atoms. The Balaban J connectivity index is 2.66. The van der Waals surface area contributed by atoms with Crippen LogP contribution in [0, 0.1) is 6.92 Å². The van der Waals surface area contributed by atoms with Crippen LogP contribution in [0.15, 0.2) is 36.5 Å². The predicted molar refractivity (Wildman–Crippen MR) is 73.5 cm³/mol. The summed E-state index contributed by atoms with van der Waals surface area (Å²) >= 11 is 6.14. The summed E-state index contributed by atoms with van der Waals surface area (Å²) in [5.41, 5.74) is 6.71. The highest BCUT2D eigenvalue weighted by atomic mass is 35.5. The lowest BCUT2D eigenvalue weighted by atomic mass is 9.86. The Hall–Kier alpha value is -1.58. The zero-order valence-corrected chi connectivity index (χ0v) is 11.1. The van der Waals surface area contributed by atoms with Gasteiger partial charge in [-0.15, -0.1) is 0 Å². The molecule has 3 nitrogen and oxygen atoms in total. The Morgan fingerprint density at radius 1 is 1.28 bits per heavy atom. The van der Waals surface area contributed by atoms with Gasteiger partial charge in [0, 0.05) is 22.3 Å². The Labute approximate surface area is 111 Å². The maximum atomic E-state index is 10.8. The largest absolute Gasteiger partial charge is 0.383 e. The number of anilines is 1. The summed E-state index contributed by atoms with van der Waals surface area (Å²) in [5, 5.41) is 11.3. The van der Waals surface area contributed by atoms with Gasteiger partial charge in [-0.3, -0.25) is 0 Å². The number of hydrogen-bond acceptors (Lipinski definition) is 3. The Morgan fingerprint density at radius 3 is 2.56 bits per heavy atom. The van der Waals surface area contributed by atoms with E-state index in [0.29, 0.717) is 22.0 Å². The maximum Gasteiger partial charge on any atom is 0.130 e. The van der Waals surface area contributed by atoms with Gasteiger partial charge < -0.3 is 10.8 Å². The summed E-state index contributed by atoms with van der Waals surface area (Å²) in [6, 6.07) is 9.00. The fourth-order valence-corrected chi connectivity index (χ4v) is 2.52. The zero-order chi connectivity index (χ0) is 13.3. The number of nitrogens with two attached hydrogens (primary N) is 1. The van der Waals surface area contributed by atoms with E-state index in [9.17, 15) is 5.11 Å². The summed E-state index contributed by atoms with van der Waals surface area (Å²) in [4.78, 5) is 4.04. The molecular formula is C14H15ClN2O. The zero-order valence-electron chi connectivity index (χ0n) is 10.3. The molecule has 2 rings (SSSR count). The molecule has 1 aromatic carbocycles. The van der Waals surface area contributed by atoms with Crippen molar-refractivity contribution in [3.63, 3.8) is 0 Å². The minimum Gasteiger partial charge on any atom is -0.383 e. The van der Waals surface area contributed by atoms with Gasteiger partial charge >= 0.3 is 0 Å². The molecule has 0 aliphatic rings. The number of halogens is 1. The molecular weight excluding hydrogens is 248 g/mol. The highest BCUT2D eigenvalue weighted by Crippen LogP contribution is 2.37. The monoisotopic (exact) mass is 262 g/mol. The maximum absolute atomic E-state index is 10.8. The fraction of sp³-hybridized carbons (Fsp3) is 0.214. The summed E-state index contributed by atoms with van der Waals surface area (Å²) in [6.07, 6.45) is 1.62. The quantitative estimate of drug-likeness (QED) is 0.875. The topological polar surface area (TPSA) is 59.1 Å². The van der Waals surface area contributed by atoms with Crippen molar-refractivity contribution >= 4 is 17.4 Å². The molecule has 0 amide bonds. The first-order valence-corrected chi connectivity index (χ1v) is 6.01. The van der Waals surface area contributed by atoms with E-state index in [1.54, 1.807) is 25.3 Å². The van der Waals surface area contributed by atoms with Gasteiger partial charge in [0.25, 0.3) is 0 Å². The van der Waals surface area contributed by atoms with E-state index >= 15 is 0 Å². The summed E-state index contributed by atoms with van der Waals surface area (Å²) < 4.78 is 0. The van der Waals surface area contributed by atoms with Gasteiger partial charge in [-0.1, -0.05) is 29.8 Å². The van der Waals surface area contributed by atoms with E-state index in [1.807, 2.05) is 25.1 Å². The van der Waals surface area contributed by atoms with E-state index in [4.69, 9.17) is 17.3 Å². The molecule has 94 valence electrons. The SMILES string of the molecule is Cc1ccnc(N)c1C(C)(O)c1ccccc1Cl. The van der Waals surface area contributed by atoms with E-state index < -0.39 is 5.60 Å². The second-order valence-corrected chi connectivity index (χ2v) is 4.85. The summed E-state index contributed by atoms with van der Waals surface area (Å²) in [7, 11) is 0. The van der Waals surface area contributed by atoms with E-state index in [-0.39, 0.29) is 0 Å². The van der Waals surface area contributed by atoms with Crippen LogP contribution in [0.4, 0.5) is 5.82 Å². The van der Waals surface area contributed by atoms with Crippen molar-refractivity contribution in [2.45, 2.75) is 19.4 Å². The van der Waals surface area contributed by atoms with Gasteiger partial charge in [-0.2, -0.15) is 0 Å². The van der Waals surface area contributed by atoms with Crippen LogP contribution in [-0.2, 0) is 5.60 Å². The molecule has 3 N–H and O–H groups in total. The highest BCUT2D eigenvalue weighted by Gasteiger charge is 2.31. The first-order valence-electron chi connectivity index (χ1n) is 5.63. The summed E-state index contributed by atoms with van der Waals surface area (Å²) in [5.74, 6) is 0.319. The molecule has 0 fully saturated rings. The number of aliphatic hydroxyl groups is 1. The lowest BCUT2D eigenvalue weighted by Crippen LogP contribution is -2.26. The van der Waals surface area contributed by atoms with Crippen LogP contribution in [0.2, 0.25) is 5.02 Å². The van der Waals surface area contributed by atoms with Crippen molar-refractivity contribution in [3.8, 4) is 0 Å². The molecule has 0 bridgehead atoms. The van der Waals surface area contributed by atoms with Crippen LogP contribution >= 0.6 is 11.6 Å². The van der Waals surface area contributed by atoms with Crippen molar-refractivity contribution in [1.29, 1.82) is 0 Å². The molecule has 18 heavy (non-hydrogen) atoms. The average molecular weight is 263 g/mol. The highest BCUT2D eigenvalue weighted by molar-refractivity contribution is 6.31. The number of aromatic nitrogens is 1. The Morgan fingerprint density at radius 2 is 1.94 bits per heavy atom. The molecule has 1 atom stereocenters. The normalized spacial score (nSPS) is 14.2. The van der Waals surface area contributed by atoms with Crippen LogP contribution in [0.1, 0.15) is 23.6 Å². The second kappa shape index (κ2) is 4.59. The first kappa shape index (κ1) is 12.9. The van der Waals surface area contributed by atoms with Gasteiger partial charge in [0.1, 0.15) is 11.4 Å². The van der Waals surface area contributed by atoms with Gasteiger partial charge in [0.15, 0.2) is 0 Å². The van der Waals surface area contributed by atoms with E-state index in [0.717, 1.165) is 5.56 Å². The molecule has 2 aromatic rings. The van der Waals surface area contributed by atoms with Crippen molar-refractivity contribution in [2.24, 2.45) is 0 Å². The first-order chi connectivity index (χ1) is 8.44. The number of hydrogen-bond donors (Lipinski definition) is 2. The Kier molecular flexibility index (Phi) is 3.28. The van der Waals surface area contributed by atoms with Crippen LogP contribution in [0.25, 0.3) is 0 Å². The fourth-order valence-electron chi connectivity index (χ4n) is 2.20. The van der Waals surface area contributed by atoms with Gasteiger partial charge in [0.05, 0.1) is 0 Å². The number of nitrogens with zero attached hydrogens (tertiary/aromatic N) is 1. The predicted octanol–water partition coefficient (Wildman–Crippen LogP) is 2.88. The van der Waals surface area contributed by atoms with Gasteiger partial charge in [-0.25, -0.2) is 4.98 Å². The van der Waals surface area contributed by atoms with Crippen LogP contribution in [-0.4, -0.2) is 10.1 Å². The van der Waals surface area contributed by atoms with Crippen molar-refractivity contribution in [3.05, 3.63) is 58.2 Å². The number of benzene rings is 1. The number of pyridine rings is 1. The van der Waals surface area contributed by atoms with E-state index in [2.05, 4.69) is 4.98 Å². The molecule has 0 aliphatic carbocycles. The van der Waals surface area contributed by atoms with Crippen molar-refractivity contribution < 1.29 is 5.11 Å². The van der Waals surface area contributed by atoms with Gasteiger partial charge in [-0.05, 0) is 31.5 Å². The molecule has 1 unspecified atom stereocenters. The third kappa shape index (κ3) is 2.07. The lowest BCUT2D eigenvalue weighted by Gasteiger charge is -2.27. The minimum absolute atomic E-state index is 0.319. The number of rotatable bonds is 2. The third-order valence-corrected chi connectivity index (χ3v) is 3.40. The average Bonchev–Trinajstić information content (AvgIpc) is 2.28. The smallest absolute Gasteiger partial charge is 0.130 e. The molecule has 0 saturated heterocycles. The van der Waals surface area contributed by atoms with Crippen molar-refractivity contribution in [2.75, 3.05) is 5.73 Å². The van der Waals surface area contributed by atoms with Crippen LogP contribution in [0.3, 0.4) is 0 Å². The number of aryl methyl sites for hydroxylation is 1. The Bertz CT molecular complexity index is 562. The second-order valence-electron chi connectivity index (χ2n) is 4.44. The molecule has 1 aromatic heterocycles. The minimum atomic E-state index is -1.26. The van der Waals surface area contributed by atoms with Crippen LogP contribution < -0.4 is 5.73 Å². The number of nitrogen functional groups attached to an aromatic ring is 1. The lowest BCUT2D eigenvalue weighted by molar-refractivity contribution is 0.102. The van der Waals surface area contributed by atoms with E-state index in [1.165, 1.54) is 0 Å². The van der Waals surface area contributed by atoms with Gasteiger partial charge in [0.2, 0.25) is 0 Å². The third-order valence-electron chi connectivity index (χ3n) is 3.07. The standard InChI is InChI=1S/C14H15ClN2O/c1-9-7-8-17-13(16)12(9)14(2,18)10-5-3-4-6-11(10)15/h3-8,18H,1-2H3,(H2,16,17). The molecule has 0 saturated carbocycles. The molecule has 0 aliphatic heterocycles. The molecule has 1 heterocycles. The summed E-state index contributed by atoms with van der Waals surface area (Å²) in [6.45, 7) is 3.56. The van der Waals surface area contributed by atoms with Crippen molar-refractivity contribution in [1.82, 2.24) is 4.98 Å².